The van der Waals surface area contributed by atoms with E-state index in [1.165, 1.54) is 24.8 Å². The van der Waals surface area contributed by atoms with Crippen LogP contribution in [0.2, 0.25) is 0 Å². The van der Waals surface area contributed by atoms with E-state index in [1.54, 1.807) is 0 Å². The lowest BCUT2D eigenvalue weighted by atomic mass is 9.48. The summed E-state index contributed by atoms with van der Waals surface area (Å²) in [6, 6.07) is 7.76. The lowest BCUT2D eigenvalue weighted by Crippen LogP contribution is -2.51. The molecule has 4 saturated carbocycles. The van der Waals surface area contributed by atoms with Gasteiger partial charge in [-0.25, -0.2) is 4.79 Å². The fraction of sp³-hybridized carbons (Fsp3) is 0.667. The first-order valence-corrected chi connectivity index (χ1v) is 10.7. The lowest BCUT2D eigenvalue weighted by Gasteiger charge is -2.55. The van der Waals surface area contributed by atoms with Crippen molar-refractivity contribution in [2.45, 2.75) is 64.7 Å². The predicted molar refractivity (Wildman–Crippen MR) is 107 cm³/mol. The topological polar surface area (TPSA) is 52.6 Å². The maximum Gasteiger partial charge on any atom is 0.344 e. The average molecular weight is 385 g/mol. The van der Waals surface area contributed by atoms with Gasteiger partial charge in [-0.15, -0.1) is 0 Å². The Hall–Kier alpha value is -1.84. The van der Waals surface area contributed by atoms with Crippen molar-refractivity contribution in [2.24, 2.45) is 23.2 Å². The van der Waals surface area contributed by atoms with Crippen LogP contribution in [0.4, 0.5) is 0 Å². The van der Waals surface area contributed by atoms with Crippen LogP contribution >= 0.6 is 0 Å². The van der Waals surface area contributed by atoms with Crippen molar-refractivity contribution in [1.29, 1.82) is 0 Å². The van der Waals surface area contributed by atoms with Crippen LogP contribution in [0.15, 0.2) is 24.3 Å². The molecule has 4 fully saturated rings. The lowest BCUT2D eigenvalue weighted by molar-refractivity contribution is -0.158. The summed E-state index contributed by atoms with van der Waals surface area (Å²) in [6.07, 6.45) is 6.92. The molecule has 1 aromatic carbocycles. The Morgan fingerprint density at radius 1 is 0.929 bits per heavy atom. The maximum atomic E-state index is 12.9. The van der Waals surface area contributed by atoms with Gasteiger partial charge in [0.15, 0.2) is 19.0 Å². The average Bonchev–Trinajstić information content (AvgIpc) is 2.63. The van der Waals surface area contributed by atoms with Crippen LogP contribution in [0.1, 0.15) is 64.9 Å². The van der Waals surface area contributed by atoms with Gasteiger partial charge in [0.05, 0.1) is 0 Å². The molecule has 0 unspecified atom stereocenters. The first kappa shape index (κ1) is 19.5. The molecule has 5 rings (SSSR count). The monoisotopic (exact) mass is 384 g/mol. The number of carbonyl (C=O) groups is 2. The highest BCUT2D eigenvalue weighted by atomic mass is 16.6. The minimum Gasteiger partial charge on any atom is -0.482 e. The number of rotatable bonds is 6. The zero-order valence-corrected chi connectivity index (χ0v) is 17.3. The van der Waals surface area contributed by atoms with Crippen LogP contribution in [0.5, 0.6) is 5.75 Å². The van der Waals surface area contributed by atoms with Gasteiger partial charge < -0.3 is 9.47 Å². The molecule has 0 aliphatic heterocycles. The maximum absolute atomic E-state index is 12.9. The Morgan fingerprint density at radius 3 is 1.96 bits per heavy atom. The summed E-state index contributed by atoms with van der Waals surface area (Å²) in [6.45, 7) is 6.20. The van der Waals surface area contributed by atoms with Gasteiger partial charge in [0.25, 0.3) is 0 Å². The molecular weight excluding hydrogens is 352 g/mol. The summed E-state index contributed by atoms with van der Waals surface area (Å²) in [5.74, 6) is 2.44. The molecule has 0 saturated heterocycles. The van der Waals surface area contributed by atoms with E-state index in [-0.39, 0.29) is 29.8 Å². The third-order valence-corrected chi connectivity index (χ3v) is 7.07. The zero-order valence-electron chi connectivity index (χ0n) is 17.3. The van der Waals surface area contributed by atoms with Crippen molar-refractivity contribution in [3.05, 3.63) is 29.8 Å². The fourth-order valence-electron chi connectivity index (χ4n) is 5.99. The summed E-state index contributed by atoms with van der Waals surface area (Å²) in [5.41, 5.74) is 1.08. The molecule has 1 aromatic rings. The van der Waals surface area contributed by atoms with Crippen molar-refractivity contribution < 1.29 is 19.1 Å². The van der Waals surface area contributed by atoms with E-state index in [2.05, 4.69) is 20.8 Å². The van der Waals surface area contributed by atoms with Gasteiger partial charge in [-0.2, -0.15) is 0 Å². The fourth-order valence-corrected chi connectivity index (χ4v) is 5.99. The molecule has 4 aliphatic carbocycles. The van der Waals surface area contributed by atoms with Gasteiger partial charge in [0, 0.05) is 5.41 Å². The molecule has 0 radical (unpaired) electrons. The predicted octanol–water partition coefficient (Wildman–Crippen LogP) is 4.69. The SMILES string of the molecule is CC(C)(C)c1ccc(OCC(=O)OCC(=O)C23CC4CC(CC(C4)C2)C3)cc1. The molecule has 28 heavy (non-hydrogen) atoms. The molecule has 4 heteroatoms. The Balaban J connectivity index is 1.25. The van der Waals surface area contributed by atoms with Gasteiger partial charge in [0.2, 0.25) is 0 Å². The van der Waals surface area contributed by atoms with Crippen molar-refractivity contribution in [1.82, 2.24) is 0 Å². The molecule has 4 aliphatic rings. The van der Waals surface area contributed by atoms with E-state index in [1.807, 2.05) is 24.3 Å². The van der Waals surface area contributed by atoms with Gasteiger partial charge in [0.1, 0.15) is 5.75 Å². The first-order chi connectivity index (χ1) is 13.2. The van der Waals surface area contributed by atoms with E-state index in [0.717, 1.165) is 19.3 Å². The molecule has 0 aromatic heterocycles. The highest BCUT2D eigenvalue weighted by Crippen LogP contribution is 2.60. The van der Waals surface area contributed by atoms with Gasteiger partial charge >= 0.3 is 5.97 Å². The Kier molecular flexibility index (Phi) is 5.01. The molecule has 0 heterocycles. The molecule has 0 amide bonds. The summed E-state index contributed by atoms with van der Waals surface area (Å²) in [5, 5.41) is 0. The second kappa shape index (κ2) is 7.20. The molecular formula is C24H32O4. The highest BCUT2D eigenvalue weighted by molar-refractivity contribution is 5.88. The second-order valence-corrected chi connectivity index (χ2v) is 10.3. The Bertz CT molecular complexity index is 706. The third-order valence-electron chi connectivity index (χ3n) is 7.07. The summed E-state index contributed by atoms with van der Waals surface area (Å²) in [7, 11) is 0. The number of Topliss-reactive ketones (excluding diaryl/α,β-unsaturated/α-hetero) is 1. The zero-order chi connectivity index (χ0) is 19.9. The highest BCUT2D eigenvalue weighted by Gasteiger charge is 2.54. The van der Waals surface area contributed by atoms with E-state index in [4.69, 9.17) is 9.47 Å². The first-order valence-electron chi connectivity index (χ1n) is 10.7. The largest absolute Gasteiger partial charge is 0.482 e. The summed E-state index contributed by atoms with van der Waals surface area (Å²) < 4.78 is 10.8. The molecule has 0 N–H and O–H groups in total. The molecule has 4 bridgehead atoms. The van der Waals surface area contributed by atoms with Gasteiger partial charge in [-0.05, 0) is 79.4 Å². The van der Waals surface area contributed by atoms with Gasteiger partial charge in [-0.1, -0.05) is 32.9 Å². The molecule has 4 nitrogen and oxygen atoms in total. The van der Waals surface area contributed by atoms with E-state index in [9.17, 15) is 9.59 Å². The minimum absolute atomic E-state index is 0.0785. The van der Waals surface area contributed by atoms with Crippen LogP contribution in [0, 0.1) is 23.2 Å². The van der Waals surface area contributed by atoms with Crippen molar-refractivity contribution >= 4 is 11.8 Å². The summed E-state index contributed by atoms with van der Waals surface area (Å²) in [4.78, 5) is 25.0. The van der Waals surface area contributed by atoms with Crippen LogP contribution < -0.4 is 4.74 Å². The summed E-state index contributed by atoms with van der Waals surface area (Å²) >= 11 is 0. The number of hydrogen-bond acceptors (Lipinski definition) is 4. The number of ether oxygens (including phenoxy) is 2. The van der Waals surface area contributed by atoms with E-state index in [0.29, 0.717) is 23.5 Å². The number of ketones is 1. The number of esters is 1. The van der Waals surface area contributed by atoms with Crippen LogP contribution in [0.3, 0.4) is 0 Å². The second-order valence-electron chi connectivity index (χ2n) is 10.3. The number of hydrogen-bond donors (Lipinski definition) is 0. The Morgan fingerprint density at radius 2 is 1.46 bits per heavy atom. The van der Waals surface area contributed by atoms with Gasteiger partial charge in [-0.3, -0.25) is 4.79 Å². The molecule has 152 valence electrons. The smallest absolute Gasteiger partial charge is 0.344 e. The van der Waals surface area contributed by atoms with Crippen LogP contribution in [-0.2, 0) is 19.7 Å². The number of carbonyl (C=O) groups excluding carboxylic acids is 2. The van der Waals surface area contributed by atoms with Crippen LogP contribution in [0.25, 0.3) is 0 Å². The van der Waals surface area contributed by atoms with E-state index < -0.39 is 5.97 Å². The molecule has 0 atom stereocenters. The number of benzene rings is 1. The minimum atomic E-state index is -0.474. The molecule has 0 spiro atoms. The third kappa shape index (κ3) is 3.97. The van der Waals surface area contributed by atoms with Crippen molar-refractivity contribution in [2.75, 3.05) is 13.2 Å². The normalized spacial score (nSPS) is 30.9. The van der Waals surface area contributed by atoms with Crippen molar-refractivity contribution in [3.63, 3.8) is 0 Å². The van der Waals surface area contributed by atoms with Crippen molar-refractivity contribution in [3.8, 4) is 5.75 Å². The van der Waals surface area contributed by atoms with Crippen LogP contribution in [-0.4, -0.2) is 25.0 Å². The quantitative estimate of drug-likeness (QED) is 0.668. The standard InChI is InChI=1S/C24H32O4/c1-23(2,3)19-4-6-20(7-5-19)27-15-22(26)28-14-21(25)24-11-16-8-17(12-24)10-18(9-16)13-24/h4-7,16-18H,8-15H2,1-3H3. The Labute approximate surface area is 168 Å². The van der Waals surface area contributed by atoms with E-state index >= 15 is 0 Å².